The summed E-state index contributed by atoms with van der Waals surface area (Å²) in [6, 6.07) is 18.0. The zero-order valence-corrected chi connectivity index (χ0v) is 24.2. The number of amides is 2. The Balaban J connectivity index is 1.98. The minimum Gasteiger partial charge on any atom is -0.483 e. The van der Waals surface area contributed by atoms with E-state index in [0.717, 1.165) is 28.7 Å². The number of carbonyl (C=O) groups excluding carboxylic acids is 2. The SMILES string of the molecule is CC[C@H](C)NC(=O)[C@@H](Cc1ccccc1)N(Cc1ccc(Cl)cc1Cl)C(=O)COc1cc(C)cc(C)c1C. The van der Waals surface area contributed by atoms with Crippen LogP contribution in [0.3, 0.4) is 0 Å². The van der Waals surface area contributed by atoms with Crippen molar-refractivity contribution in [1.29, 1.82) is 0 Å². The van der Waals surface area contributed by atoms with E-state index in [2.05, 4.69) is 11.4 Å². The highest BCUT2D eigenvalue weighted by Crippen LogP contribution is 2.26. The molecule has 3 rings (SSSR count). The number of nitrogens with one attached hydrogen (secondary N) is 1. The number of nitrogens with zero attached hydrogens (tertiary/aromatic N) is 1. The third kappa shape index (κ3) is 7.99. The van der Waals surface area contributed by atoms with Crippen LogP contribution in [0.4, 0.5) is 0 Å². The van der Waals surface area contributed by atoms with Crippen molar-refractivity contribution in [3.05, 3.63) is 98.5 Å². The Kier molecular flexibility index (Phi) is 10.6. The lowest BCUT2D eigenvalue weighted by Crippen LogP contribution is -2.53. The molecule has 0 aliphatic carbocycles. The van der Waals surface area contributed by atoms with E-state index in [1.807, 2.05) is 71.0 Å². The maximum absolute atomic E-state index is 13.8. The second-order valence-corrected chi connectivity index (χ2v) is 10.6. The number of hydrogen-bond acceptors (Lipinski definition) is 3. The fourth-order valence-corrected chi connectivity index (χ4v) is 4.67. The smallest absolute Gasteiger partial charge is 0.261 e. The van der Waals surface area contributed by atoms with Crippen LogP contribution in [-0.2, 0) is 22.6 Å². The van der Waals surface area contributed by atoms with Gasteiger partial charge in [0.1, 0.15) is 11.8 Å². The van der Waals surface area contributed by atoms with Crippen LogP contribution >= 0.6 is 23.2 Å². The summed E-state index contributed by atoms with van der Waals surface area (Å²) in [7, 11) is 0. The van der Waals surface area contributed by atoms with Crippen molar-refractivity contribution >= 4 is 35.0 Å². The summed E-state index contributed by atoms with van der Waals surface area (Å²) in [5.74, 6) is 0.128. The molecular formula is C31H36Cl2N2O3. The molecule has 0 aromatic heterocycles. The van der Waals surface area contributed by atoms with Gasteiger partial charge >= 0.3 is 0 Å². The number of aryl methyl sites for hydroxylation is 2. The third-order valence-corrected chi connectivity index (χ3v) is 7.33. The first-order valence-electron chi connectivity index (χ1n) is 12.9. The first kappa shape index (κ1) is 29.5. The molecule has 7 heteroatoms. The van der Waals surface area contributed by atoms with E-state index in [1.165, 1.54) is 0 Å². The van der Waals surface area contributed by atoms with Crippen LogP contribution in [0, 0.1) is 20.8 Å². The van der Waals surface area contributed by atoms with E-state index < -0.39 is 6.04 Å². The fourth-order valence-electron chi connectivity index (χ4n) is 4.20. The summed E-state index contributed by atoms with van der Waals surface area (Å²) in [6.07, 6.45) is 1.12. The molecule has 0 heterocycles. The molecule has 5 nitrogen and oxygen atoms in total. The van der Waals surface area contributed by atoms with Gasteiger partial charge in [0.2, 0.25) is 5.91 Å². The highest BCUT2D eigenvalue weighted by molar-refractivity contribution is 6.35. The van der Waals surface area contributed by atoms with E-state index in [-0.39, 0.29) is 31.0 Å². The van der Waals surface area contributed by atoms with Crippen LogP contribution in [0.15, 0.2) is 60.7 Å². The summed E-state index contributed by atoms with van der Waals surface area (Å²) >= 11 is 12.6. The van der Waals surface area contributed by atoms with Crippen LogP contribution < -0.4 is 10.1 Å². The molecule has 0 saturated carbocycles. The fraction of sp³-hybridized carbons (Fsp3) is 0.355. The minimum atomic E-state index is -0.769. The summed E-state index contributed by atoms with van der Waals surface area (Å²) in [5.41, 5.74) is 4.76. The zero-order valence-electron chi connectivity index (χ0n) is 22.7. The molecule has 0 aliphatic rings. The highest BCUT2D eigenvalue weighted by Gasteiger charge is 2.31. The average molecular weight is 556 g/mol. The minimum absolute atomic E-state index is 0.0361. The summed E-state index contributed by atoms with van der Waals surface area (Å²) in [6.45, 7) is 9.86. The number of rotatable bonds is 11. The van der Waals surface area contributed by atoms with Crippen molar-refractivity contribution in [1.82, 2.24) is 10.2 Å². The topological polar surface area (TPSA) is 58.6 Å². The number of carbonyl (C=O) groups is 2. The number of benzene rings is 3. The molecule has 0 unspecified atom stereocenters. The number of halogens is 2. The van der Waals surface area contributed by atoms with Gasteiger partial charge in [0.25, 0.3) is 5.91 Å². The first-order valence-corrected chi connectivity index (χ1v) is 13.6. The van der Waals surface area contributed by atoms with Gasteiger partial charge in [0, 0.05) is 29.1 Å². The quantitative estimate of drug-likeness (QED) is 0.282. The lowest BCUT2D eigenvalue weighted by atomic mass is 10.0. The second-order valence-electron chi connectivity index (χ2n) is 9.77. The van der Waals surface area contributed by atoms with Gasteiger partial charge in [-0.05, 0) is 80.1 Å². The number of ether oxygens (including phenoxy) is 1. The Labute approximate surface area is 236 Å². The third-order valence-electron chi connectivity index (χ3n) is 6.74. The van der Waals surface area contributed by atoms with Crippen LogP contribution in [0.2, 0.25) is 10.0 Å². The Morgan fingerprint density at radius 1 is 1.00 bits per heavy atom. The normalized spacial score (nSPS) is 12.5. The summed E-state index contributed by atoms with van der Waals surface area (Å²) in [4.78, 5) is 29.0. The van der Waals surface area contributed by atoms with Gasteiger partial charge in [-0.15, -0.1) is 0 Å². The molecule has 1 N–H and O–H groups in total. The monoisotopic (exact) mass is 554 g/mol. The first-order chi connectivity index (χ1) is 18.1. The Hall–Kier alpha value is -3.02. The van der Waals surface area contributed by atoms with E-state index in [0.29, 0.717) is 27.8 Å². The Bertz CT molecular complexity index is 1260. The van der Waals surface area contributed by atoms with Gasteiger partial charge in [-0.2, -0.15) is 0 Å². The lowest BCUT2D eigenvalue weighted by Gasteiger charge is -2.32. The van der Waals surface area contributed by atoms with Crippen molar-refractivity contribution in [2.45, 2.75) is 66.1 Å². The van der Waals surface area contributed by atoms with E-state index in [9.17, 15) is 9.59 Å². The Morgan fingerprint density at radius 3 is 2.37 bits per heavy atom. The summed E-state index contributed by atoms with van der Waals surface area (Å²) in [5, 5.41) is 4.00. The van der Waals surface area contributed by atoms with Gasteiger partial charge in [-0.25, -0.2) is 0 Å². The molecule has 2 atom stereocenters. The van der Waals surface area contributed by atoms with Crippen molar-refractivity contribution in [2.24, 2.45) is 0 Å². The molecule has 0 saturated heterocycles. The van der Waals surface area contributed by atoms with E-state index in [1.54, 1.807) is 23.1 Å². The highest BCUT2D eigenvalue weighted by atomic mass is 35.5. The standard InChI is InChI=1S/C31H36Cl2N2O3/c1-6-22(4)34-31(37)28(16-24-10-8-7-9-11-24)35(18-25-12-13-26(32)17-27(25)33)30(36)19-38-29-15-20(2)14-21(3)23(29)5/h7-15,17,22,28H,6,16,18-19H2,1-5H3,(H,34,37)/t22-,28+/m0/s1. The molecule has 38 heavy (non-hydrogen) atoms. The summed E-state index contributed by atoms with van der Waals surface area (Å²) < 4.78 is 6.03. The molecule has 0 bridgehead atoms. The van der Waals surface area contributed by atoms with Gasteiger partial charge in [0.15, 0.2) is 6.61 Å². The number of hydrogen-bond donors (Lipinski definition) is 1. The molecule has 0 spiro atoms. The molecule has 3 aromatic rings. The molecule has 2 amide bonds. The largest absolute Gasteiger partial charge is 0.483 e. The molecule has 0 fully saturated rings. The average Bonchev–Trinajstić information content (AvgIpc) is 2.88. The molecule has 202 valence electrons. The van der Waals surface area contributed by atoms with E-state index >= 15 is 0 Å². The van der Waals surface area contributed by atoms with Crippen LogP contribution in [0.1, 0.15) is 48.1 Å². The van der Waals surface area contributed by atoms with Gasteiger partial charge in [0.05, 0.1) is 0 Å². The zero-order chi connectivity index (χ0) is 27.8. The van der Waals surface area contributed by atoms with Crippen LogP contribution in [-0.4, -0.2) is 35.4 Å². The van der Waals surface area contributed by atoms with Crippen LogP contribution in [0.25, 0.3) is 0 Å². The Morgan fingerprint density at radius 2 is 1.71 bits per heavy atom. The van der Waals surface area contributed by atoms with E-state index in [4.69, 9.17) is 27.9 Å². The van der Waals surface area contributed by atoms with Gasteiger partial charge < -0.3 is 15.0 Å². The molecular weight excluding hydrogens is 519 g/mol. The van der Waals surface area contributed by atoms with Crippen molar-refractivity contribution in [3.63, 3.8) is 0 Å². The lowest BCUT2D eigenvalue weighted by molar-refractivity contribution is -0.143. The van der Waals surface area contributed by atoms with Crippen LogP contribution in [0.5, 0.6) is 5.75 Å². The van der Waals surface area contributed by atoms with Gasteiger partial charge in [-0.1, -0.05) is 72.6 Å². The van der Waals surface area contributed by atoms with Crippen molar-refractivity contribution < 1.29 is 14.3 Å². The maximum atomic E-state index is 13.8. The molecule has 0 aliphatic heterocycles. The maximum Gasteiger partial charge on any atom is 0.261 e. The predicted molar refractivity (Wildman–Crippen MR) is 155 cm³/mol. The molecule has 0 radical (unpaired) electrons. The van der Waals surface area contributed by atoms with Crippen molar-refractivity contribution in [2.75, 3.05) is 6.61 Å². The van der Waals surface area contributed by atoms with Gasteiger partial charge in [-0.3, -0.25) is 9.59 Å². The predicted octanol–water partition coefficient (Wildman–Crippen LogP) is 6.85. The van der Waals surface area contributed by atoms with Crippen molar-refractivity contribution in [3.8, 4) is 5.75 Å². The molecule has 3 aromatic carbocycles. The second kappa shape index (κ2) is 13.7.